The number of ether oxygens (including phenoxy) is 4. The van der Waals surface area contributed by atoms with Gasteiger partial charge in [0.25, 0.3) is 0 Å². The number of aromatic nitrogens is 1. The molecule has 6 atom stereocenters. The topological polar surface area (TPSA) is 113 Å². The highest BCUT2D eigenvalue weighted by Gasteiger charge is 2.81. The Morgan fingerprint density at radius 1 is 0.955 bits per heavy atom. The van der Waals surface area contributed by atoms with Crippen LogP contribution in [0.4, 0.5) is 4.79 Å². The number of nitrogens with one attached hydrogen (secondary N) is 1. The second kappa shape index (κ2) is 12.6. The smallest absolute Gasteiger partial charge is 0.408 e. The van der Waals surface area contributed by atoms with Crippen molar-refractivity contribution in [2.75, 3.05) is 0 Å². The molecule has 1 aromatic heterocycles. The second-order valence-corrected chi connectivity index (χ2v) is 17.2. The lowest BCUT2D eigenvalue weighted by atomic mass is 9.86. The van der Waals surface area contributed by atoms with Crippen LogP contribution in [0.5, 0.6) is 0 Å². The standard InChI is InChI=1S/C31H40Cl2N2O7S2/c1-28(2,3)40-24(36)20-19-21(20)31(25(37)41-29(4,5)6,35-26(38)42-30(7,8)9)23(22(19)44-27-34-12-13-43-27)39-15-16-10-11-17(32)18(33)14-16/h10-14,19-23H,15H2,1-9H3,(H,35,38). The summed E-state index contributed by atoms with van der Waals surface area (Å²) in [6, 6.07) is 5.12. The lowest BCUT2D eigenvalue weighted by Crippen LogP contribution is -2.66. The number of hydrogen-bond donors (Lipinski definition) is 1. The fraction of sp³-hybridized carbons (Fsp3) is 0.613. The molecule has 0 aliphatic heterocycles. The Kier molecular flexibility index (Phi) is 9.99. The molecule has 2 fully saturated rings. The summed E-state index contributed by atoms with van der Waals surface area (Å²) in [6.07, 6.45) is -0.106. The van der Waals surface area contributed by atoms with Gasteiger partial charge in [-0.05, 0) is 85.9 Å². The van der Waals surface area contributed by atoms with Gasteiger partial charge in [-0.3, -0.25) is 4.79 Å². The number of rotatable bonds is 8. The van der Waals surface area contributed by atoms with Gasteiger partial charge in [0, 0.05) is 22.7 Å². The molecule has 0 saturated heterocycles. The van der Waals surface area contributed by atoms with Gasteiger partial charge in [0.1, 0.15) is 27.2 Å². The first kappa shape index (κ1) is 34.8. The third-order valence-corrected chi connectivity index (χ3v) is 9.93. The molecule has 242 valence electrons. The zero-order chi connectivity index (χ0) is 32.8. The van der Waals surface area contributed by atoms with E-state index in [0.717, 1.165) is 4.34 Å². The number of alkyl carbamates (subject to hydrolysis) is 1. The number of halogens is 2. The van der Waals surface area contributed by atoms with Gasteiger partial charge in [0.05, 0.1) is 22.6 Å². The van der Waals surface area contributed by atoms with E-state index in [2.05, 4.69) is 10.3 Å². The predicted molar refractivity (Wildman–Crippen MR) is 171 cm³/mol. The van der Waals surface area contributed by atoms with Crippen molar-refractivity contribution in [1.29, 1.82) is 0 Å². The molecule has 2 saturated carbocycles. The van der Waals surface area contributed by atoms with Crippen molar-refractivity contribution in [3.63, 3.8) is 0 Å². The SMILES string of the molecule is CC(C)(C)OC(=O)NC1(C(=O)OC(C)(C)C)C(OCc2ccc(Cl)c(Cl)c2)C(Sc2nccs2)C2C(C(=O)OC(C)(C)C)C21. The quantitative estimate of drug-likeness (QED) is 0.225. The van der Waals surface area contributed by atoms with Crippen LogP contribution in [0.25, 0.3) is 0 Å². The zero-order valence-electron chi connectivity index (χ0n) is 26.4. The summed E-state index contributed by atoms with van der Waals surface area (Å²) in [5.41, 5.74) is -3.63. The molecule has 0 bridgehead atoms. The van der Waals surface area contributed by atoms with Gasteiger partial charge in [-0.1, -0.05) is 41.0 Å². The molecule has 1 amide bonds. The minimum atomic E-state index is -1.80. The highest BCUT2D eigenvalue weighted by Crippen LogP contribution is 2.67. The summed E-state index contributed by atoms with van der Waals surface area (Å²) in [5, 5.41) is 4.98. The molecular weight excluding hydrogens is 647 g/mol. The van der Waals surface area contributed by atoms with Crippen molar-refractivity contribution in [2.24, 2.45) is 17.8 Å². The summed E-state index contributed by atoms with van der Waals surface area (Å²) in [6.45, 7) is 15.8. The summed E-state index contributed by atoms with van der Waals surface area (Å²) >= 11 is 15.2. The molecule has 1 N–H and O–H groups in total. The van der Waals surface area contributed by atoms with Gasteiger partial charge in [-0.25, -0.2) is 14.6 Å². The van der Waals surface area contributed by atoms with E-state index in [1.54, 1.807) is 86.7 Å². The molecule has 6 unspecified atom stereocenters. The molecule has 1 aromatic carbocycles. The number of benzene rings is 1. The lowest BCUT2D eigenvalue weighted by Gasteiger charge is -2.41. The molecule has 0 spiro atoms. The summed E-state index contributed by atoms with van der Waals surface area (Å²) in [5.74, 6) is -2.99. The average Bonchev–Trinajstić information content (AvgIpc) is 3.26. The Morgan fingerprint density at radius 2 is 1.59 bits per heavy atom. The third-order valence-electron chi connectivity index (χ3n) is 6.91. The second-order valence-electron chi connectivity index (χ2n) is 14.0. The molecule has 9 nitrogen and oxygen atoms in total. The highest BCUT2D eigenvalue weighted by molar-refractivity contribution is 8.01. The molecule has 2 aliphatic rings. The highest BCUT2D eigenvalue weighted by atomic mass is 35.5. The molecule has 44 heavy (non-hydrogen) atoms. The molecule has 2 aromatic rings. The molecule has 1 heterocycles. The lowest BCUT2D eigenvalue weighted by molar-refractivity contribution is -0.173. The molecule has 2 aliphatic carbocycles. The third kappa shape index (κ3) is 8.02. The van der Waals surface area contributed by atoms with E-state index in [4.69, 9.17) is 42.1 Å². The molecular formula is C31H40Cl2N2O7S2. The van der Waals surface area contributed by atoms with E-state index in [1.807, 2.05) is 5.38 Å². The zero-order valence-corrected chi connectivity index (χ0v) is 29.5. The Bertz CT molecular complexity index is 1380. The van der Waals surface area contributed by atoms with E-state index in [0.29, 0.717) is 15.6 Å². The normalized spacial score (nSPS) is 26.5. The number of esters is 2. The van der Waals surface area contributed by atoms with Crippen LogP contribution in [0.3, 0.4) is 0 Å². The summed E-state index contributed by atoms with van der Waals surface area (Å²) in [4.78, 5) is 46.1. The number of thiazole rings is 1. The van der Waals surface area contributed by atoms with Crippen LogP contribution in [0.2, 0.25) is 10.0 Å². The van der Waals surface area contributed by atoms with Crippen LogP contribution in [0.15, 0.2) is 34.1 Å². The monoisotopic (exact) mass is 686 g/mol. The Balaban J connectivity index is 1.84. The fourth-order valence-electron chi connectivity index (χ4n) is 5.51. The van der Waals surface area contributed by atoms with Crippen LogP contribution in [0.1, 0.15) is 67.9 Å². The molecule has 0 radical (unpaired) electrons. The molecule has 4 rings (SSSR count). The number of carbonyl (C=O) groups excluding carboxylic acids is 3. The molecule has 13 heteroatoms. The summed E-state index contributed by atoms with van der Waals surface area (Å²) < 4.78 is 24.8. The van der Waals surface area contributed by atoms with E-state index < -0.39 is 69.5 Å². The minimum absolute atomic E-state index is 0.0353. The Labute approximate surface area is 277 Å². The van der Waals surface area contributed by atoms with Crippen LogP contribution in [-0.4, -0.2) is 56.7 Å². The number of hydrogen-bond acceptors (Lipinski definition) is 10. The maximum absolute atomic E-state index is 14.5. The predicted octanol–water partition coefficient (Wildman–Crippen LogP) is 7.32. The summed E-state index contributed by atoms with van der Waals surface area (Å²) in [7, 11) is 0. The van der Waals surface area contributed by atoms with Crippen LogP contribution in [-0.2, 0) is 35.1 Å². The van der Waals surface area contributed by atoms with Crippen molar-refractivity contribution >= 4 is 64.3 Å². The first-order valence-corrected chi connectivity index (χ1v) is 16.8. The van der Waals surface area contributed by atoms with Crippen LogP contribution in [0, 0.1) is 17.8 Å². The van der Waals surface area contributed by atoms with Crippen molar-refractivity contribution in [3.05, 3.63) is 45.4 Å². The Hall–Kier alpha value is -2.05. The van der Waals surface area contributed by atoms with Crippen molar-refractivity contribution in [1.82, 2.24) is 10.3 Å². The fourth-order valence-corrected chi connectivity index (χ4v) is 8.18. The van der Waals surface area contributed by atoms with E-state index in [9.17, 15) is 14.4 Å². The van der Waals surface area contributed by atoms with Crippen molar-refractivity contribution in [3.8, 4) is 0 Å². The van der Waals surface area contributed by atoms with E-state index >= 15 is 0 Å². The maximum atomic E-state index is 14.5. The maximum Gasteiger partial charge on any atom is 0.408 e. The van der Waals surface area contributed by atoms with Gasteiger partial charge in [-0.2, -0.15) is 0 Å². The number of nitrogens with zero attached hydrogens (tertiary/aromatic N) is 1. The van der Waals surface area contributed by atoms with E-state index in [-0.39, 0.29) is 6.61 Å². The number of thioether (sulfide) groups is 1. The number of amides is 1. The van der Waals surface area contributed by atoms with Crippen LogP contribution >= 0.6 is 46.3 Å². The minimum Gasteiger partial charge on any atom is -0.460 e. The van der Waals surface area contributed by atoms with Gasteiger partial charge in [0.2, 0.25) is 0 Å². The van der Waals surface area contributed by atoms with E-state index in [1.165, 1.54) is 23.1 Å². The van der Waals surface area contributed by atoms with Gasteiger partial charge >= 0.3 is 18.0 Å². The van der Waals surface area contributed by atoms with Gasteiger partial charge in [0.15, 0.2) is 5.54 Å². The van der Waals surface area contributed by atoms with Crippen molar-refractivity contribution < 1.29 is 33.3 Å². The van der Waals surface area contributed by atoms with Crippen molar-refractivity contribution in [2.45, 2.75) is 107 Å². The largest absolute Gasteiger partial charge is 0.460 e. The first-order chi connectivity index (χ1) is 20.2. The number of carbonyl (C=O) groups is 3. The van der Waals surface area contributed by atoms with Gasteiger partial charge < -0.3 is 24.3 Å². The van der Waals surface area contributed by atoms with Gasteiger partial charge in [-0.15, -0.1) is 11.3 Å². The number of fused-ring (bicyclic) bond motifs is 1. The average molecular weight is 688 g/mol. The van der Waals surface area contributed by atoms with Crippen LogP contribution < -0.4 is 5.32 Å². The Morgan fingerprint density at radius 3 is 2.14 bits per heavy atom. The first-order valence-electron chi connectivity index (χ1n) is 14.3.